The molecule has 1 aromatic heterocycles. The Bertz CT molecular complexity index is 591. The van der Waals surface area contributed by atoms with Crippen LogP contribution in [0.25, 0.3) is 11.3 Å². The molecule has 0 saturated heterocycles. The maximum atomic E-state index is 4.94. The summed E-state index contributed by atoms with van der Waals surface area (Å²) in [6.07, 6.45) is 3.94. The van der Waals surface area contributed by atoms with Crippen LogP contribution >= 0.6 is 11.3 Å². The molecule has 1 aliphatic rings. The van der Waals surface area contributed by atoms with Gasteiger partial charge in [-0.15, -0.1) is 11.3 Å². The summed E-state index contributed by atoms with van der Waals surface area (Å²) in [6.45, 7) is 7.53. The molecule has 1 saturated carbocycles. The molecule has 21 heavy (non-hydrogen) atoms. The van der Waals surface area contributed by atoms with Crippen molar-refractivity contribution >= 4 is 11.3 Å². The number of hydrogen-bond acceptors (Lipinski definition) is 3. The van der Waals surface area contributed by atoms with E-state index in [0.29, 0.717) is 0 Å². The molecular formula is C18H24N2S. The molecule has 1 fully saturated rings. The largest absolute Gasteiger partial charge is 0.307 e. The molecule has 1 aromatic carbocycles. The molecule has 3 heteroatoms. The van der Waals surface area contributed by atoms with E-state index < -0.39 is 0 Å². The first-order valence-electron chi connectivity index (χ1n) is 7.80. The molecular weight excluding hydrogens is 276 g/mol. The number of rotatable bonds is 5. The summed E-state index contributed by atoms with van der Waals surface area (Å²) in [5.41, 5.74) is 2.55. The summed E-state index contributed by atoms with van der Waals surface area (Å²) in [4.78, 5) is 6.31. The van der Waals surface area contributed by atoms with Crippen molar-refractivity contribution in [2.24, 2.45) is 5.92 Å². The van der Waals surface area contributed by atoms with Gasteiger partial charge in [0.2, 0.25) is 0 Å². The third-order valence-corrected chi connectivity index (χ3v) is 4.81. The van der Waals surface area contributed by atoms with Crippen molar-refractivity contribution in [3.8, 4) is 11.3 Å². The van der Waals surface area contributed by atoms with E-state index in [-0.39, 0.29) is 5.54 Å². The summed E-state index contributed by atoms with van der Waals surface area (Å²) in [5.74, 6) is 0.892. The molecule has 1 aliphatic carbocycles. The summed E-state index contributed by atoms with van der Waals surface area (Å²) in [5, 5.41) is 4.91. The van der Waals surface area contributed by atoms with Gasteiger partial charge < -0.3 is 5.32 Å². The summed E-state index contributed by atoms with van der Waals surface area (Å²) in [7, 11) is 0. The van der Waals surface area contributed by atoms with Gasteiger partial charge in [0.1, 0.15) is 0 Å². The Balaban J connectivity index is 1.86. The first-order chi connectivity index (χ1) is 10.0. The molecule has 0 atom stereocenters. The Morgan fingerprint density at radius 1 is 1.19 bits per heavy atom. The lowest BCUT2D eigenvalue weighted by molar-refractivity contribution is 0.426. The van der Waals surface area contributed by atoms with Crippen molar-refractivity contribution < 1.29 is 0 Å². The van der Waals surface area contributed by atoms with E-state index in [0.717, 1.165) is 12.5 Å². The molecule has 2 nitrogen and oxygen atoms in total. The van der Waals surface area contributed by atoms with Gasteiger partial charge in [-0.1, -0.05) is 30.3 Å². The second kappa shape index (κ2) is 5.90. The molecule has 0 amide bonds. The van der Waals surface area contributed by atoms with Crippen LogP contribution in [-0.4, -0.2) is 10.5 Å². The van der Waals surface area contributed by atoms with Gasteiger partial charge in [-0.3, -0.25) is 0 Å². The summed E-state index contributed by atoms with van der Waals surface area (Å²) >= 11 is 1.89. The van der Waals surface area contributed by atoms with Gasteiger partial charge >= 0.3 is 0 Å². The number of hydrogen-bond donors (Lipinski definition) is 1. The van der Waals surface area contributed by atoms with Crippen molar-refractivity contribution in [3.63, 3.8) is 0 Å². The van der Waals surface area contributed by atoms with Gasteiger partial charge in [-0.05, 0) is 39.5 Å². The topological polar surface area (TPSA) is 24.9 Å². The molecule has 3 rings (SSSR count). The van der Waals surface area contributed by atoms with Gasteiger partial charge in [-0.2, -0.15) is 0 Å². The van der Waals surface area contributed by atoms with E-state index in [4.69, 9.17) is 4.98 Å². The maximum absolute atomic E-state index is 4.94. The molecule has 1 N–H and O–H groups in total. The number of nitrogens with zero attached hydrogens (tertiary/aromatic N) is 1. The lowest BCUT2D eigenvalue weighted by Crippen LogP contribution is -2.34. The van der Waals surface area contributed by atoms with Crippen LogP contribution in [0.3, 0.4) is 0 Å². The molecule has 1 heterocycles. The molecule has 0 radical (unpaired) electrons. The first-order valence-corrected chi connectivity index (χ1v) is 8.62. The first kappa shape index (κ1) is 14.7. The predicted octanol–water partition coefficient (Wildman–Crippen LogP) is 4.65. The molecule has 0 aliphatic heterocycles. The number of thiazole rings is 1. The van der Waals surface area contributed by atoms with Gasteiger partial charge in [0.05, 0.1) is 10.7 Å². The van der Waals surface area contributed by atoms with Crippen LogP contribution in [0.15, 0.2) is 30.3 Å². The zero-order valence-electron chi connectivity index (χ0n) is 13.1. The molecule has 0 spiro atoms. The normalized spacial score (nSPS) is 15.4. The number of aromatic nitrogens is 1. The zero-order chi connectivity index (χ0) is 14.9. The van der Waals surface area contributed by atoms with Crippen molar-refractivity contribution in [3.05, 3.63) is 40.2 Å². The summed E-state index contributed by atoms with van der Waals surface area (Å²) < 4.78 is 0. The van der Waals surface area contributed by atoms with E-state index in [2.05, 4.69) is 56.4 Å². The highest BCUT2D eigenvalue weighted by Gasteiger charge is 2.24. The Morgan fingerprint density at radius 3 is 2.52 bits per heavy atom. The Morgan fingerprint density at radius 2 is 1.90 bits per heavy atom. The minimum atomic E-state index is 0.134. The number of benzene rings is 1. The van der Waals surface area contributed by atoms with Crippen LogP contribution in [-0.2, 0) is 13.0 Å². The SMILES string of the molecule is CC(C)(C)NCc1sc(CC2CC2)nc1-c1ccccc1. The second-order valence-electron chi connectivity index (χ2n) is 7.00. The van der Waals surface area contributed by atoms with Crippen molar-refractivity contribution in [1.82, 2.24) is 10.3 Å². The Kier molecular flexibility index (Phi) is 4.14. The quantitative estimate of drug-likeness (QED) is 0.869. The van der Waals surface area contributed by atoms with E-state index in [1.54, 1.807) is 0 Å². The predicted molar refractivity (Wildman–Crippen MR) is 90.6 cm³/mol. The van der Waals surface area contributed by atoms with E-state index in [9.17, 15) is 0 Å². The van der Waals surface area contributed by atoms with Crippen LogP contribution in [0, 0.1) is 5.92 Å². The van der Waals surface area contributed by atoms with Crippen molar-refractivity contribution in [2.45, 2.75) is 52.1 Å². The zero-order valence-corrected chi connectivity index (χ0v) is 14.0. The van der Waals surface area contributed by atoms with Crippen LogP contribution in [0.5, 0.6) is 0 Å². The van der Waals surface area contributed by atoms with Crippen LogP contribution < -0.4 is 5.32 Å². The summed E-state index contributed by atoms with van der Waals surface area (Å²) in [6, 6.07) is 10.6. The average molecular weight is 300 g/mol. The van der Waals surface area contributed by atoms with Crippen LogP contribution in [0.4, 0.5) is 0 Å². The van der Waals surface area contributed by atoms with Crippen LogP contribution in [0.1, 0.15) is 43.5 Å². The van der Waals surface area contributed by atoms with Gasteiger partial charge in [-0.25, -0.2) is 4.98 Å². The fourth-order valence-electron chi connectivity index (χ4n) is 2.34. The van der Waals surface area contributed by atoms with E-state index in [1.807, 2.05) is 11.3 Å². The number of nitrogens with one attached hydrogen (secondary N) is 1. The molecule has 112 valence electrons. The third-order valence-electron chi connectivity index (χ3n) is 3.73. The minimum Gasteiger partial charge on any atom is -0.307 e. The fourth-order valence-corrected chi connectivity index (χ4v) is 3.49. The van der Waals surface area contributed by atoms with Crippen LogP contribution in [0.2, 0.25) is 0 Å². The maximum Gasteiger partial charge on any atom is 0.0938 e. The second-order valence-corrected chi connectivity index (χ2v) is 8.16. The lowest BCUT2D eigenvalue weighted by Gasteiger charge is -2.20. The minimum absolute atomic E-state index is 0.134. The Hall–Kier alpha value is -1.19. The smallest absolute Gasteiger partial charge is 0.0938 e. The highest BCUT2D eigenvalue weighted by atomic mass is 32.1. The lowest BCUT2D eigenvalue weighted by atomic mass is 10.1. The van der Waals surface area contributed by atoms with Gasteiger partial charge in [0.25, 0.3) is 0 Å². The molecule has 2 aromatic rings. The fraction of sp³-hybridized carbons (Fsp3) is 0.500. The monoisotopic (exact) mass is 300 g/mol. The average Bonchev–Trinajstić information content (AvgIpc) is 3.15. The molecule has 0 bridgehead atoms. The highest BCUT2D eigenvalue weighted by Crippen LogP contribution is 2.36. The van der Waals surface area contributed by atoms with E-state index >= 15 is 0 Å². The van der Waals surface area contributed by atoms with E-state index in [1.165, 1.54) is 40.4 Å². The van der Waals surface area contributed by atoms with Gasteiger partial charge in [0.15, 0.2) is 0 Å². The molecule has 0 unspecified atom stereocenters. The Labute approximate surface area is 131 Å². The highest BCUT2D eigenvalue weighted by molar-refractivity contribution is 7.12. The van der Waals surface area contributed by atoms with Crippen molar-refractivity contribution in [1.29, 1.82) is 0 Å². The van der Waals surface area contributed by atoms with Gasteiger partial charge in [0, 0.05) is 28.9 Å². The van der Waals surface area contributed by atoms with Crippen molar-refractivity contribution in [2.75, 3.05) is 0 Å². The third kappa shape index (κ3) is 4.14. The standard InChI is InChI=1S/C18H24N2S/c1-18(2,3)19-12-15-17(14-7-5-4-6-8-14)20-16(21-15)11-13-9-10-13/h4-8,13,19H,9-12H2,1-3H3.